The van der Waals surface area contributed by atoms with Crippen molar-refractivity contribution in [1.82, 2.24) is 0 Å². The zero-order valence-corrected chi connectivity index (χ0v) is 18.5. The molecule has 1 atom stereocenters. The molecule has 0 aromatic heterocycles. The van der Waals surface area contributed by atoms with Crippen molar-refractivity contribution in [3.8, 4) is 0 Å². The highest BCUT2D eigenvalue weighted by Gasteiger charge is 2.54. The third-order valence-corrected chi connectivity index (χ3v) is 6.40. The van der Waals surface area contributed by atoms with Crippen molar-refractivity contribution < 1.29 is 19.7 Å². The number of Topliss-reactive ketones (excluding diaryl/α,β-unsaturated/α-hetero) is 1. The number of aliphatic hydroxyl groups is 1. The number of allylic oxidation sites excluding steroid dienone is 2. The number of hydrogen-bond acceptors (Lipinski definition) is 7. The van der Waals surface area contributed by atoms with Crippen LogP contribution in [0.4, 0.5) is 22.7 Å². The van der Waals surface area contributed by atoms with E-state index in [0.29, 0.717) is 11.4 Å². The standard InChI is InChI=1S/C20H11Cl3N4O6/c21-15-17(28)16(22)19-20(29,18(15)23)9-14(24-10-1-3-12(4-2-10)26(30)31)25(19)11-5-7-13(8-6-11)27(32)33/h1-8,29H,9H2. The molecule has 1 aliphatic carbocycles. The van der Waals surface area contributed by atoms with Crippen LogP contribution in [0, 0.1) is 20.2 Å². The molecule has 0 spiro atoms. The highest BCUT2D eigenvalue weighted by Crippen LogP contribution is 2.51. The normalized spacial score (nSPS) is 21.6. The Kier molecular flexibility index (Phi) is 5.71. The number of carbonyl (C=O) groups excluding carboxylic acids is 1. The fraction of sp³-hybridized carbons (Fsp3) is 0.100. The number of anilines is 1. The van der Waals surface area contributed by atoms with E-state index in [0.717, 1.165) is 0 Å². The van der Waals surface area contributed by atoms with Crippen molar-refractivity contribution >= 4 is 69.2 Å². The van der Waals surface area contributed by atoms with E-state index < -0.39 is 26.3 Å². The van der Waals surface area contributed by atoms with Gasteiger partial charge < -0.3 is 5.11 Å². The lowest BCUT2D eigenvalue weighted by molar-refractivity contribution is -0.385. The van der Waals surface area contributed by atoms with Crippen molar-refractivity contribution in [1.29, 1.82) is 0 Å². The molecule has 2 aliphatic rings. The molecule has 33 heavy (non-hydrogen) atoms. The summed E-state index contributed by atoms with van der Waals surface area (Å²) in [6.07, 6.45) is -0.241. The maximum absolute atomic E-state index is 12.5. The monoisotopic (exact) mass is 508 g/mol. The number of hydrogen-bond donors (Lipinski definition) is 1. The summed E-state index contributed by atoms with van der Waals surface area (Å²) in [5.41, 5.74) is -1.79. The molecule has 0 amide bonds. The first-order chi connectivity index (χ1) is 15.5. The summed E-state index contributed by atoms with van der Waals surface area (Å²) in [7, 11) is 0. The molecule has 13 heteroatoms. The summed E-state index contributed by atoms with van der Waals surface area (Å²) < 4.78 is 0. The average Bonchev–Trinajstić information content (AvgIpc) is 3.09. The van der Waals surface area contributed by atoms with E-state index in [9.17, 15) is 30.1 Å². The molecule has 2 aromatic carbocycles. The van der Waals surface area contributed by atoms with Gasteiger partial charge in [0, 0.05) is 36.4 Å². The number of nitro groups is 2. The molecule has 2 aromatic rings. The molecule has 1 N–H and O–H groups in total. The minimum Gasteiger partial charge on any atom is -0.377 e. The van der Waals surface area contributed by atoms with Gasteiger partial charge in [-0.05, 0) is 24.3 Å². The fourth-order valence-corrected chi connectivity index (χ4v) is 4.42. The van der Waals surface area contributed by atoms with Crippen LogP contribution in [0.2, 0.25) is 0 Å². The third-order valence-electron chi connectivity index (χ3n) is 5.09. The number of nitrogens with zero attached hydrogens (tertiary/aromatic N) is 4. The minimum atomic E-state index is -1.98. The second-order valence-corrected chi connectivity index (χ2v) is 8.20. The Morgan fingerprint density at radius 1 is 0.909 bits per heavy atom. The van der Waals surface area contributed by atoms with E-state index in [1.165, 1.54) is 53.4 Å². The van der Waals surface area contributed by atoms with Crippen LogP contribution in [0.15, 0.2) is 74.3 Å². The predicted molar refractivity (Wildman–Crippen MR) is 122 cm³/mol. The third kappa shape index (κ3) is 3.76. The topological polar surface area (TPSA) is 139 Å². The summed E-state index contributed by atoms with van der Waals surface area (Å²) in [6.45, 7) is 0. The number of fused-ring (bicyclic) bond motifs is 1. The molecule has 0 bridgehead atoms. The minimum absolute atomic E-state index is 0.0990. The van der Waals surface area contributed by atoms with Gasteiger partial charge in [-0.3, -0.25) is 29.9 Å². The van der Waals surface area contributed by atoms with Gasteiger partial charge in [0.1, 0.15) is 15.9 Å². The Labute approximate surface area is 200 Å². The zero-order chi connectivity index (χ0) is 24.1. The van der Waals surface area contributed by atoms with Gasteiger partial charge in [0.05, 0.1) is 26.3 Å². The summed E-state index contributed by atoms with van der Waals surface area (Å²) in [4.78, 5) is 39.1. The highest BCUT2D eigenvalue weighted by molar-refractivity contribution is 6.59. The first kappa shape index (κ1) is 22.9. The first-order valence-corrected chi connectivity index (χ1v) is 10.3. The highest BCUT2D eigenvalue weighted by atomic mass is 35.5. The molecule has 1 unspecified atom stereocenters. The lowest BCUT2D eigenvalue weighted by Gasteiger charge is -2.31. The SMILES string of the molecule is O=C1C(Cl)=C(Cl)C2(O)CC(=Nc3ccc([N+](=O)[O-])cc3)N(c3ccc([N+](=O)[O-])cc3)C2=C1Cl. The van der Waals surface area contributed by atoms with Gasteiger partial charge in [0.2, 0.25) is 5.78 Å². The molecule has 10 nitrogen and oxygen atoms in total. The molecule has 0 radical (unpaired) electrons. The van der Waals surface area contributed by atoms with Gasteiger partial charge in [-0.2, -0.15) is 0 Å². The fourth-order valence-electron chi connectivity index (χ4n) is 3.54. The number of rotatable bonds is 4. The smallest absolute Gasteiger partial charge is 0.269 e. The molecule has 1 aliphatic heterocycles. The number of non-ortho nitro benzene ring substituents is 2. The molecule has 0 saturated carbocycles. The van der Waals surface area contributed by atoms with E-state index in [1.54, 1.807) is 0 Å². The lowest BCUT2D eigenvalue weighted by Crippen LogP contribution is -2.37. The van der Waals surface area contributed by atoms with Crippen LogP contribution in [0.3, 0.4) is 0 Å². The van der Waals surface area contributed by atoms with Crippen molar-refractivity contribution in [2.24, 2.45) is 4.99 Å². The predicted octanol–water partition coefficient (Wildman–Crippen LogP) is 4.90. The summed E-state index contributed by atoms with van der Waals surface area (Å²) in [6, 6.07) is 10.6. The number of ketones is 1. The molecule has 168 valence electrons. The van der Waals surface area contributed by atoms with Crippen molar-refractivity contribution in [2.75, 3.05) is 4.90 Å². The molecular weight excluding hydrogens is 499 g/mol. The molecule has 4 rings (SSSR count). The van der Waals surface area contributed by atoms with Crippen molar-refractivity contribution in [3.05, 3.63) is 89.6 Å². The lowest BCUT2D eigenvalue weighted by atomic mass is 9.92. The maximum atomic E-state index is 12.5. The summed E-state index contributed by atoms with van der Waals surface area (Å²) >= 11 is 18.5. The Hall–Kier alpha value is -3.31. The van der Waals surface area contributed by atoms with Gasteiger partial charge in [-0.25, -0.2) is 4.99 Å². The van der Waals surface area contributed by atoms with Gasteiger partial charge in [0.15, 0.2) is 5.60 Å². The van der Waals surface area contributed by atoms with Gasteiger partial charge >= 0.3 is 0 Å². The van der Waals surface area contributed by atoms with Gasteiger partial charge in [-0.1, -0.05) is 34.8 Å². The molecular formula is C20H11Cl3N4O6. The Balaban J connectivity index is 1.90. The van der Waals surface area contributed by atoms with Crippen LogP contribution < -0.4 is 4.90 Å². The average molecular weight is 510 g/mol. The Morgan fingerprint density at radius 2 is 1.42 bits per heavy atom. The van der Waals surface area contributed by atoms with E-state index >= 15 is 0 Å². The number of halogens is 3. The van der Waals surface area contributed by atoms with Crippen LogP contribution in [-0.4, -0.2) is 32.2 Å². The number of amidine groups is 1. The largest absolute Gasteiger partial charge is 0.377 e. The van der Waals surface area contributed by atoms with Gasteiger partial charge in [0.25, 0.3) is 11.4 Å². The van der Waals surface area contributed by atoms with Crippen LogP contribution in [0.1, 0.15) is 6.42 Å². The number of carbonyl (C=O) groups is 1. The number of benzene rings is 2. The van der Waals surface area contributed by atoms with Crippen molar-refractivity contribution in [3.63, 3.8) is 0 Å². The van der Waals surface area contributed by atoms with Gasteiger partial charge in [-0.15, -0.1) is 0 Å². The summed E-state index contributed by atoms with van der Waals surface area (Å²) in [5.74, 6) is -0.628. The van der Waals surface area contributed by atoms with E-state index in [1.807, 2.05) is 0 Å². The Bertz CT molecular complexity index is 1300. The van der Waals surface area contributed by atoms with E-state index in [4.69, 9.17) is 34.8 Å². The number of nitro benzene ring substituents is 2. The zero-order valence-electron chi connectivity index (χ0n) is 16.2. The summed E-state index contributed by atoms with van der Waals surface area (Å²) in [5, 5.41) is 32.2. The van der Waals surface area contributed by atoms with Crippen LogP contribution in [-0.2, 0) is 4.79 Å². The van der Waals surface area contributed by atoms with Crippen LogP contribution in [0.25, 0.3) is 0 Å². The second kappa shape index (κ2) is 8.23. The molecule has 1 saturated heterocycles. The quantitative estimate of drug-likeness (QED) is 0.457. The van der Waals surface area contributed by atoms with Crippen LogP contribution >= 0.6 is 34.8 Å². The number of aliphatic imine (C=N–C) groups is 1. The maximum Gasteiger partial charge on any atom is 0.269 e. The Morgan fingerprint density at radius 3 is 1.94 bits per heavy atom. The molecule has 1 heterocycles. The van der Waals surface area contributed by atoms with E-state index in [-0.39, 0.29) is 39.4 Å². The second-order valence-electron chi connectivity index (χ2n) is 7.07. The molecule has 1 fully saturated rings. The van der Waals surface area contributed by atoms with Crippen LogP contribution in [0.5, 0.6) is 0 Å². The first-order valence-electron chi connectivity index (χ1n) is 9.14. The van der Waals surface area contributed by atoms with Crippen molar-refractivity contribution in [2.45, 2.75) is 12.0 Å². The van der Waals surface area contributed by atoms with E-state index in [2.05, 4.69) is 4.99 Å².